The zero-order valence-electron chi connectivity index (χ0n) is 8.88. The third-order valence-corrected chi connectivity index (χ3v) is 1.86. The number of nitrogens with one attached hydrogen (secondary N) is 1. The topological polar surface area (TPSA) is 110 Å². The Bertz CT molecular complexity index is 341. The van der Waals surface area contributed by atoms with E-state index in [1.54, 1.807) is 6.07 Å². The van der Waals surface area contributed by atoms with E-state index in [0.717, 1.165) is 0 Å². The van der Waals surface area contributed by atoms with Crippen molar-refractivity contribution in [1.82, 2.24) is 10.2 Å². The van der Waals surface area contributed by atoms with E-state index in [1.807, 2.05) is 0 Å². The minimum absolute atomic E-state index is 0.0902. The molecule has 7 nitrogen and oxygen atoms in total. The Morgan fingerprint density at radius 2 is 2.38 bits per heavy atom. The Hall–Kier alpha value is -1.73. The summed E-state index contributed by atoms with van der Waals surface area (Å²) < 4.78 is 4.88. The van der Waals surface area contributed by atoms with E-state index in [9.17, 15) is 4.79 Å². The molecule has 0 saturated carbocycles. The van der Waals surface area contributed by atoms with Crippen LogP contribution in [0, 0.1) is 0 Å². The van der Waals surface area contributed by atoms with Gasteiger partial charge in [-0.05, 0) is 12.1 Å². The van der Waals surface area contributed by atoms with Crippen LogP contribution in [0.4, 0.5) is 5.82 Å². The SMILES string of the molecule is COCC(CO)Nc1ccc(C(N)=O)nn1. The van der Waals surface area contributed by atoms with Crippen molar-refractivity contribution in [3.05, 3.63) is 17.8 Å². The summed E-state index contributed by atoms with van der Waals surface area (Å²) in [6.45, 7) is 0.253. The molecule has 1 aromatic rings. The van der Waals surface area contributed by atoms with Gasteiger partial charge in [-0.25, -0.2) is 0 Å². The van der Waals surface area contributed by atoms with Crippen LogP contribution in [0.1, 0.15) is 10.5 Å². The molecule has 0 radical (unpaired) electrons. The van der Waals surface area contributed by atoms with Gasteiger partial charge in [0.25, 0.3) is 5.91 Å². The largest absolute Gasteiger partial charge is 0.394 e. The molecule has 0 fully saturated rings. The Labute approximate surface area is 92.6 Å². The number of carbonyl (C=O) groups is 1. The molecule has 16 heavy (non-hydrogen) atoms. The monoisotopic (exact) mass is 226 g/mol. The number of nitrogens with zero attached hydrogens (tertiary/aromatic N) is 2. The molecule has 1 aromatic heterocycles. The molecule has 0 aliphatic heterocycles. The van der Waals surface area contributed by atoms with Crippen molar-refractivity contribution in [3.8, 4) is 0 Å². The van der Waals surface area contributed by atoms with E-state index in [1.165, 1.54) is 13.2 Å². The Balaban J connectivity index is 2.63. The number of methoxy groups -OCH3 is 1. The standard InChI is InChI=1S/C9H14N4O3/c1-16-5-6(4-14)11-8-3-2-7(9(10)15)12-13-8/h2-3,6,14H,4-5H2,1H3,(H2,10,15)(H,11,13). The highest BCUT2D eigenvalue weighted by Gasteiger charge is 2.08. The number of aliphatic hydroxyl groups excluding tert-OH is 1. The van der Waals surface area contributed by atoms with Gasteiger partial charge in [0.2, 0.25) is 0 Å². The molecule has 0 bridgehead atoms. The highest BCUT2D eigenvalue weighted by Crippen LogP contribution is 2.03. The second-order valence-corrected chi connectivity index (χ2v) is 3.15. The maximum absolute atomic E-state index is 10.7. The zero-order valence-corrected chi connectivity index (χ0v) is 8.88. The van der Waals surface area contributed by atoms with E-state index in [4.69, 9.17) is 15.6 Å². The van der Waals surface area contributed by atoms with Crippen molar-refractivity contribution in [2.45, 2.75) is 6.04 Å². The molecule has 0 aromatic carbocycles. The first-order valence-electron chi connectivity index (χ1n) is 4.67. The number of aromatic nitrogens is 2. The highest BCUT2D eigenvalue weighted by molar-refractivity contribution is 5.90. The van der Waals surface area contributed by atoms with Gasteiger partial charge in [-0.15, -0.1) is 10.2 Å². The number of carbonyl (C=O) groups excluding carboxylic acids is 1. The van der Waals surface area contributed by atoms with Gasteiger partial charge in [-0.1, -0.05) is 0 Å². The summed E-state index contributed by atoms with van der Waals surface area (Å²) in [5.41, 5.74) is 5.11. The summed E-state index contributed by atoms with van der Waals surface area (Å²) in [5, 5.41) is 19.2. The lowest BCUT2D eigenvalue weighted by atomic mass is 10.3. The molecular formula is C9H14N4O3. The number of hydrogen-bond acceptors (Lipinski definition) is 6. The van der Waals surface area contributed by atoms with E-state index in [0.29, 0.717) is 12.4 Å². The van der Waals surface area contributed by atoms with E-state index in [-0.39, 0.29) is 18.3 Å². The molecule has 7 heteroatoms. The fraction of sp³-hybridized carbons (Fsp3) is 0.444. The summed E-state index contributed by atoms with van der Waals surface area (Å²) in [5.74, 6) is -0.184. The lowest BCUT2D eigenvalue weighted by molar-refractivity contribution is 0.0994. The predicted octanol–water partition coefficient (Wildman–Crippen LogP) is -1.01. The van der Waals surface area contributed by atoms with Crippen LogP contribution in [0.2, 0.25) is 0 Å². The third kappa shape index (κ3) is 3.44. The number of ether oxygens (including phenoxy) is 1. The van der Waals surface area contributed by atoms with Gasteiger partial charge in [-0.3, -0.25) is 4.79 Å². The van der Waals surface area contributed by atoms with Gasteiger partial charge in [0.15, 0.2) is 5.69 Å². The van der Waals surface area contributed by atoms with Gasteiger partial charge in [0, 0.05) is 7.11 Å². The summed E-state index contributed by atoms with van der Waals surface area (Å²) in [7, 11) is 1.53. The van der Waals surface area contributed by atoms with Crippen LogP contribution in [-0.2, 0) is 4.74 Å². The van der Waals surface area contributed by atoms with Crippen molar-refractivity contribution in [3.63, 3.8) is 0 Å². The number of rotatable bonds is 6. The zero-order chi connectivity index (χ0) is 12.0. The first-order valence-corrected chi connectivity index (χ1v) is 4.67. The average Bonchev–Trinajstić information content (AvgIpc) is 2.29. The van der Waals surface area contributed by atoms with Gasteiger partial charge < -0.3 is 20.9 Å². The lowest BCUT2D eigenvalue weighted by Crippen LogP contribution is -2.29. The Morgan fingerprint density at radius 1 is 1.62 bits per heavy atom. The summed E-state index contributed by atoms with van der Waals surface area (Å²) in [4.78, 5) is 10.7. The third-order valence-electron chi connectivity index (χ3n) is 1.86. The van der Waals surface area contributed by atoms with Crippen LogP contribution >= 0.6 is 0 Å². The van der Waals surface area contributed by atoms with Crippen LogP contribution in [0.15, 0.2) is 12.1 Å². The molecule has 4 N–H and O–H groups in total. The fourth-order valence-corrected chi connectivity index (χ4v) is 1.09. The van der Waals surface area contributed by atoms with Gasteiger partial charge in [0.1, 0.15) is 5.82 Å². The molecule has 1 atom stereocenters. The minimum Gasteiger partial charge on any atom is -0.394 e. The van der Waals surface area contributed by atoms with Crippen molar-refractivity contribution >= 4 is 11.7 Å². The maximum atomic E-state index is 10.7. The minimum atomic E-state index is -0.630. The van der Waals surface area contributed by atoms with E-state index in [2.05, 4.69) is 15.5 Å². The molecule has 0 aliphatic rings. The predicted molar refractivity (Wildman–Crippen MR) is 56.9 cm³/mol. The van der Waals surface area contributed by atoms with Crippen LogP contribution in [0.25, 0.3) is 0 Å². The van der Waals surface area contributed by atoms with Crippen LogP contribution in [0.3, 0.4) is 0 Å². The molecule has 1 heterocycles. The van der Waals surface area contributed by atoms with Crippen molar-refractivity contribution in [2.24, 2.45) is 5.73 Å². The van der Waals surface area contributed by atoms with Gasteiger partial charge in [0.05, 0.1) is 19.3 Å². The van der Waals surface area contributed by atoms with E-state index < -0.39 is 5.91 Å². The van der Waals surface area contributed by atoms with Crippen LogP contribution in [0.5, 0.6) is 0 Å². The molecular weight excluding hydrogens is 212 g/mol. The smallest absolute Gasteiger partial charge is 0.269 e. The Kier molecular flexibility index (Phi) is 4.62. The fourth-order valence-electron chi connectivity index (χ4n) is 1.09. The van der Waals surface area contributed by atoms with Crippen molar-refractivity contribution < 1.29 is 14.6 Å². The number of aliphatic hydroxyl groups is 1. The van der Waals surface area contributed by atoms with Crippen LogP contribution < -0.4 is 11.1 Å². The quantitative estimate of drug-likeness (QED) is 0.573. The molecule has 88 valence electrons. The molecule has 0 spiro atoms. The lowest BCUT2D eigenvalue weighted by Gasteiger charge is -2.15. The maximum Gasteiger partial charge on any atom is 0.269 e. The Morgan fingerprint density at radius 3 is 2.81 bits per heavy atom. The molecule has 0 saturated heterocycles. The normalized spacial score (nSPS) is 12.1. The van der Waals surface area contributed by atoms with Gasteiger partial charge in [-0.2, -0.15) is 0 Å². The number of amides is 1. The highest BCUT2D eigenvalue weighted by atomic mass is 16.5. The second kappa shape index (κ2) is 5.99. The second-order valence-electron chi connectivity index (χ2n) is 3.15. The van der Waals surface area contributed by atoms with Crippen molar-refractivity contribution in [1.29, 1.82) is 0 Å². The van der Waals surface area contributed by atoms with Crippen LogP contribution in [-0.4, -0.2) is 47.6 Å². The molecule has 1 amide bonds. The van der Waals surface area contributed by atoms with Crippen molar-refractivity contribution in [2.75, 3.05) is 25.6 Å². The summed E-state index contributed by atoms with van der Waals surface area (Å²) in [6.07, 6.45) is 0. The first kappa shape index (κ1) is 12.3. The first-order chi connectivity index (χ1) is 7.67. The number of nitrogens with two attached hydrogens (primary N) is 1. The van der Waals surface area contributed by atoms with Gasteiger partial charge >= 0.3 is 0 Å². The number of primary amides is 1. The average molecular weight is 226 g/mol. The molecule has 1 rings (SSSR count). The number of hydrogen-bond donors (Lipinski definition) is 3. The number of anilines is 1. The molecule has 0 aliphatic carbocycles. The summed E-state index contributed by atoms with van der Waals surface area (Å²) >= 11 is 0. The molecule has 1 unspecified atom stereocenters. The van der Waals surface area contributed by atoms with E-state index >= 15 is 0 Å². The summed E-state index contributed by atoms with van der Waals surface area (Å²) in [6, 6.07) is 2.75.